The van der Waals surface area contributed by atoms with E-state index in [1.807, 2.05) is 12.1 Å². The number of hydrogen-bond acceptors (Lipinski definition) is 5. The zero-order chi connectivity index (χ0) is 16.3. The Hall–Kier alpha value is -1.63. The Kier molecular flexibility index (Phi) is 5.39. The van der Waals surface area contributed by atoms with Crippen LogP contribution in [0.5, 0.6) is 5.75 Å². The Morgan fingerprint density at radius 2 is 2.18 bits per heavy atom. The molecule has 1 aliphatic rings. The second-order valence-corrected chi connectivity index (χ2v) is 5.67. The van der Waals surface area contributed by atoms with E-state index in [0.29, 0.717) is 11.4 Å². The molecule has 1 aromatic carbocycles. The Morgan fingerprint density at radius 1 is 1.45 bits per heavy atom. The van der Waals surface area contributed by atoms with Gasteiger partial charge in [0.05, 0.1) is 24.9 Å². The number of amides is 1. The molecule has 0 bridgehead atoms. The molecule has 4 N–H and O–H groups in total. The van der Waals surface area contributed by atoms with Crippen LogP contribution in [0.1, 0.15) is 38.3 Å². The monoisotopic (exact) mass is 308 g/mol. The van der Waals surface area contributed by atoms with Crippen LogP contribution in [-0.2, 0) is 4.79 Å². The maximum absolute atomic E-state index is 12.3. The number of rotatable bonds is 6. The van der Waals surface area contributed by atoms with Crippen LogP contribution in [0.3, 0.4) is 0 Å². The van der Waals surface area contributed by atoms with Gasteiger partial charge in [0.2, 0.25) is 0 Å². The molecular weight excluding hydrogens is 284 g/mol. The van der Waals surface area contributed by atoms with Crippen LogP contribution in [0.4, 0.5) is 5.69 Å². The third kappa shape index (κ3) is 3.40. The smallest absolute Gasteiger partial charge is 0.267 e. The van der Waals surface area contributed by atoms with E-state index in [0.717, 1.165) is 18.4 Å². The summed E-state index contributed by atoms with van der Waals surface area (Å²) in [5, 5.41) is 18.7. The quantitative estimate of drug-likeness (QED) is 0.727. The van der Waals surface area contributed by atoms with Gasteiger partial charge in [-0.05, 0) is 31.0 Å². The zero-order valence-corrected chi connectivity index (χ0v) is 13.0. The standard InChI is InChI=1S/C16H24N2O4/c1-3-4-13(17)11-5-6-15-14(7-11)18(8-12(20)9-19)16(21)10(2)22-15/h5-7,10,12-13,19-20H,3-4,8-9,17H2,1-2H3. The highest BCUT2D eigenvalue weighted by atomic mass is 16.5. The predicted molar refractivity (Wildman–Crippen MR) is 83.8 cm³/mol. The van der Waals surface area contributed by atoms with Crippen molar-refractivity contribution in [3.8, 4) is 5.75 Å². The van der Waals surface area contributed by atoms with Crippen molar-refractivity contribution in [3.05, 3.63) is 23.8 Å². The molecule has 0 aliphatic carbocycles. The van der Waals surface area contributed by atoms with Crippen molar-refractivity contribution >= 4 is 11.6 Å². The maximum atomic E-state index is 12.3. The fourth-order valence-corrected chi connectivity index (χ4v) is 2.59. The van der Waals surface area contributed by atoms with Crippen LogP contribution < -0.4 is 15.4 Å². The summed E-state index contributed by atoms with van der Waals surface area (Å²) in [7, 11) is 0. The van der Waals surface area contributed by atoms with E-state index in [2.05, 4.69) is 6.92 Å². The van der Waals surface area contributed by atoms with Gasteiger partial charge in [0.15, 0.2) is 6.10 Å². The molecule has 1 aliphatic heterocycles. The van der Waals surface area contributed by atoms with E-state index in [4.69, 9.17) is 15.6 Å². The Bertz CT molecular complexity index is 535. The lowest BCUT2D eigenvalue weighted by Crippen LogP contribution is -2.48. The second-order valence-electron chi connectivity index (χ2n) is 5.67. The molecule has 0 radical (unpaired) electrons. The van der Waals surface area contributed by atoms with E-state index in [1.54, 1.807) is 13.0 Å². The number of nitrogens with zero attached hydrogens (tertiary/aromatic N) is 1. The van der Waals surface area contributed by atoms with Crippen molar-refractivity contribution in [2.45, 2.75) is 44.9 Å². The van der Waals surface area contributed by atoms with Gasteiger partial charge in [-0.3, -0.25) is 4.79 Å². The minimum absolute atomic E-state index is 0.0303. The largest absolute Gasteiger partial charge is 0.479 e. The number of fused-ring (bicyclic) bond motifs is 1. The molecule has 1 heterocycles. The second kappa shape index (κ2) is 7.09. The molecule has 0 saturated heterocycles. The highest BCUT2D eigenvalue weighted by Crippen LogP contribution is 2.36. The molecule has 122 valence electrons. The van der Waals surface area contributed by atoms with Crippen LogP contribution in [0.2, 0.25) is 0 Å². The first kappa shape index (κ1) is 16.7. The molecule has 0 saturated carbocycles. The summed E-state index contributed by atoms with van der Waals surface area (Å²) in [6, 6.07) is 5.45. The van der Waals surface area contributed by atoms with Crippen molar-refractivity contribution < 1.29 is 19.7 Å². The average Bonchev–Trinajstić information content (AvgIpc) is 2.51. The van der Waals surface area contributed by atoms with Gasteiger partial charge in [0, 0.05) is 6.04 Å². The topological polar surface area (TPSA) is 96.0 Å². The number of benzene rings is 1. The Balaban J connectivity index is 2.36. The third-order valence-electron chi connectivity index (χ3n) is 3.82. The van der Waals surface area contributed by atoms with Crippen molar-refractivity contribution in [2.75, 3.05) is 18.1 Å². The molecule has 0 aromatic heterocycles. The summed E-state index contributed by atoms with van der Waals surface area (Å²) in [5.41, 5.74) is 7.66. The predicted octanol–water partition coefficient (Wildman–Crippen LogP) is 0.954. The number of β-amino-alcohol motifs (C(OH)–C–C–N with tert-alkyl or cyclic N) is 1. The van der Waals surface area contributed by atoms with Gasteiger partial charge < -0.3 is 25.6 Å². The number of hydrogen-bond donors (Lipinski definition) is 3. The number of carbonyl (C=O) groups is 1. The molecule has 1 amide bonds. The molecule has 2 rings (SSSR count). The number of carbonyl (C=O) groups excluding carboxylic acids is 1. The first-order chi connectivity index (χ1) is 10.5. The number of anilines is 1. The van der Waals surface area contributed by atoms with Gasteiger partial charge in [-0.2, -0.15) is 0 Å². The van der Waals surface area contributed by atoms with Gasteiger partial charge in [0.1, 0.15) is 5.75 Å². The summed E-state index contributed by atoms with van der Waals surface area (Å²) in [6.45, 7) is 3.36. The molecular formula is C16H24N2O4. The molecule has 6 heteroatoms. The van der Waals surface area contributed by atoms with Crippen LogP contribution >= 0.6 is 0 Å². The van der Waals surface area contributed by atoms with Gasteiger partial charge in [0.25, 0.3) is 5.91 Å². The summed E-state index contributed by atoms with van der Waals surface area (Å²) >= 11 is 0. The molecule has 3 unspecified atom stereocenters. The van der Waals surface area contributed by atoms with Crippen molar-refractivity contribution in [1.29, 1.82) is 0 Å². The first-order valence-electron chi connectivity index (χ1n) is 7.64. The Labute approximate surface area is 130 Å². The van der Waals surface area contributed by atoms with E-state index >= 15 is 0 Å². The molecule has 0 spiro atoms. The first-order valence-corrected chi connectivity index (χ1v) is 7.64. The fourth-order valence-electron chi connectivity index (χ4n) is 2.59. The van der Waals surface area contributed by atoms with E-state index < -0.39 is 18.8 Å². The van der Waals surface area contributed by atoms with E-state index in [-0.39, 0.29) is 18.5 Å². The normalized spacial score (nSPS) is 20.3. The summed E-state index contributed by atoms with van der Waals surface area (Å²) < 4.78 is 5.61. The highest BCUT2D eigenvalue weighted by molar-refractivity contribution is 6.00. The van der Waals surface area contributed by atoms with Crippen LogP contribution in [0.15, 0.2) is 18.2 Å². The highest BCUT2D eigenvalue weighted by Gasteiger charge is 2.33. The zero-order valence-electron chi connectivity index (χ0n) is 13.0. The summed E-state index contributed by atoms with van der Waals surface area (Å²) in [5.74, 6) is 0.353. The number of aliphatic hydroxyl groups excluding tert-OH is 2. The lowest BCUT2D eigenvalue weighted by Gasteiger charge is -2.34. The lowest BCUT2D eigenvalue weighted by molar-refractivity contribution is -0.126. The molecule has 1 aromatic rings. The lowest BCUT2D eigenvalue weighted by atomic mass is 10.0. The van der Waals surface area contributed by atoms with Gasteiger partial charge in [-0.1, -0.05) is 19.4 Å². The van der Waals surface area contributed by atoms with Gasteiger partial charge in [-0.15, -0.1) is 0 Å². The minimum atomic E-state index is -0.991. The SMILES string of the molecule is CCCC(N)c1ccc2c(c1)N(CC(O)CO)C(=O)C(C)O2. The van der Waals surface area contributed by atoms with Crippen LogP contribution in [0.25, 0.3) is 0 Å². The minimum Gasteiger partial charge on any atom is -0.479 e. The molecule has 3 atom stereocenters. The number of ether oxygens (including phenoxy) is 1. The number of aliphatic hydroxyl groups is 2. The fraction of sp³-hybridized carbons (Fsp3) is 0.562. The van der Waals surface area contributed by atoms with Crippen LogP contribution in [-0.4, -0.2) is 41.5 Å². The van der Waals surface area contributed by atoms with Crippen molar-refractivity contribution in [2.24, 2.45) is 5.73 Å². The van der Waals surface area contributed by atoms with Crippen molar-refractivity contribution in [3.63, 3.8) is 0 Å². The maximum Gasteiger partial charge on any atom is 0.267 e. The third-order valence-corrected chi connectivity index (χ3v) is 3.82. The number of nitrogens with two attached hydrogens (primary N) is 1. The Morgan fingerprint density at radius 3 is 2.82 bits per heavy atom. The summed E-state index contributed by atoms with van der Waals surface area (Å²) in [4.78, 5) is 13.8. The van der Waals surface area contributed by atoms with Gasteiger partial charge in [-0.25, -0.2) is 0 Å². The average molecular weight is 308 g/mol. The molecule has 0 fully saturated rings. The van der Waals surface area contributed by atoms with Crippen LogP contribution in [0, 0.1) is 0 Å². The van der Waals surface area contributed by atoms with E-state index in [9.17, 15) is 9.90 Å². The molecule has 6 nitrogen and oxygen atoms in total. The van der Waals surface area contributed by atoms with Gasteiger partial charge >= 0.3 is 0 Å². The van der Waals surface area contributed by atoms with E-state index in [1.165, 1.54) is 4.90 Å². The van der Waals surface area contributed by atoms with Crippen molar-refractivity contribution in [1.82, 2.24) is 0 Å². The summed E-state index contributed by atoms with van der Waals surface area (Å²) in [6.07, 6.45) is 0.213. The molecule has 22 heavy (non-hydrogen) atoms.